The predicted molar refractivity (Wildman–Crippen MR) is 107 cm³/mol. The maximum absolute atomic E-state index is 12.8. The first-order chi connectivity index (χ1) is 13.1. The van der Waals surface area contributed by atoms with E-state index in [2.05, 4.69) is 29.4 Å². The molecule has 2 N–H and O–H groups in total. The van der Waals surface area contributed by atoms with Crippen molar-refractivity contribution in [2.24, 2.45) is 0 Å². The fraction of sp³-hybridized carbons (Fsp3) is 0.318. The lowest BCUT2D eigenvalue weighted by Gasteiger charge is -2.28. The minimum absolute atomic E-state index is 0.0631. The quantitative estimate of drug-likeness (QED) is 0.745. The van der Waals surface area contributed by atoms with E-state index >= 15 is 0 Å². The molecule has 1 aromatic heterocycles. The summed E-state index contributed by atoms with van der Waals surface area (Å²) in [6, 6.07) is 12.0. The Hall–Kier alpha value is -2.79. The second-order valence-electron chi connectivity index (χ2n) is 6.87. The number of H-pyrrole nitrogens is 1. The average molecular weight is 364 g/mol. The monoisotopic (exact) mass is 364 g/mol. The van der Waals surface area contributed by atoms with Crippen molar-refractivity contribution in [1.82, 2.24) is 10.3 Å². The molecular formula is C22H24N2O3. The van der Waals surface area contributed by atoms with Crippen molar-refractivity contribution in [1.29, 1.82) is 0 Å². The van der Waals surface area contributed by atoms with Gasteiger partial charge >= 0.3 is 0 Å². The Morgan fingerprint density at radius 2 is 1.81 bits per heavy atom. The molecule has 0 fully saturated rings. The maximum Gasteiger partial charge on any atom is 0.253 e. The first kappa shape index (κ1) is 17.6. The van der Waals surface area contributed by atoms with Crippen LogP contribution < -0.4 is 20.3 Å². The lowest BCUT2D eigenvalue weighted by atomic mass is 9.89. The second-order valence-corrected chi connectivity index (χ2v) is 6.87. The number of methoxy groups -OCH3 is 2. The van der Waals surface area contributed by atoms with Crippen LogP contribution in [0.1, 0.15) is 35.2 Å². The summed E-state index contributed by atoms with van der Waals surface area (Å²) in [5.74, 6) is 1.40. The zero-order chi connectivity index (χ0) is 19.0. The molecule has 4 rings (SSSR count). The number of benzene rings is 2. The Morgan fingerprint density at radius 3 is 2.56 bits per heavy atom. The van der Waals surface area contributed by atoms with E-state index in [1.54, 1.807) is 14.2 Å². The van der Waals surface area contributed by atoms with E-state index in [-0.39, 0.29) is 11.6 Å². The van der Waals surface area contributed by atoms with Gasteiger partial charge in [-0.15, -0.1) is 0 Å². The standard InChI is InChI=1S/C22H24N2O3/c1-4-13-5-6-18-15(9-13)10-17(22(25)24-18)21-16-12-20(27-3)19(26-2)11-14(16)7-8-23-21/h5-6,9-12,21,23H,4,7-8H2,1-3H3,(H,24,25)/t21-/m0/s1. The van der Waals surface area contributed by atoms with Crippen LogP contribution in [0.2, 0.25) is 0 Å². The molecule has 0 saturated heterocycles. The molecular weight excluding hydrogens is 340 g/mol. The van der Waals surface area contributed by atoms with E-state index in [1.165, 1.54) is 11.1 Å². The summed E-state index contributed by atoms with van der Waals surface area (Å²) in [7, 11) is 3.27. The number of aromatic nitrogens is 1. The summed E-state index contributed by atoms with van der Waals surface area (Å²) < 4.78 is 10.9. The first-order valence-corrected chi connectivity index (χ1v) is 9.28. The van der Waals surface area contributed by atoms with E-state index < -0.39 is 0 Å². The molecule has 0 saturated carbocycles. The van der Waals surface area contributed by atoms with Crippen LogP contribution in [0.3, 0.4) is 0 Å². The summed E-state index contributed by atoms with van der Waals surface area (Å²) in [6.07, 6.45) is 1.85. The second kappa shape index (κ2) is 7.08. The molecule has 2 heterocycles. The van der Waals surface area contributed by atoms with Gasteiger partial charge in [0, 0.05) is 17.6 Å². The van der Waals surface area contributed by atoms with Crippen LogP contribution in [-0.2, 0) is 12.8 Å². The van der Waals surface area contributed by atoms with Gasteiger partial charge in [0.15, 0.2) is 11.5 Å². The lowest BCUT2D eigenvalue weighted by molar-refractivity contribution is 0.353. The molecule has 1 aliphatic heterocycles. The zero-order valence-electron chi connectivity index (χ0n) is 15.9. The Balaban J connectivity index is 1.87. The molecule has 0 bridgehead atoms. The van der Waals surface area contributed by atoms with E-state index in [1.807, 2.05) is 24.3 Å². The van der Waals surface area contributed by atoms with Crippen molar-refractivity contribution < 1.29 is 9.47 Å². The number of nitrogens with one attached hydrogen (secondary N) is 2. The largest absolute Gasteiger partial charge is 0.493 e. The predicted octanol–water partition coefficient (Wildman–Crippen LogP) is 3.34. The summed E-state index contributed by atoms with van der Waals surface area (Å²) in [5, 5.41) is 4.55. The van der Waals surface area contributed by atoms with Gasteiger partial charge in [-0.1, -0.05) is 13.0 Å². The summed E-state index contributed by atoms with van der Waals surface area (Å²) in [6.45, 7) is 2.94. The third kappa shape index (κ3) is 3.08. The van der Waals surface area contributed by atoms with Gasteiger partial charge in [-0.2, -0.15) is 0 Å². The highest BCUT2D eigenvalue weighted by atomic mass is 16.5. The Bertz CT molecular complexity index is 1060. The topological polar surface area (TPSA) is 63.4 Å². The normalized spacial score (nSPS) is 16.2. The Morgan fingerprint density at radius 1 is 1.04 bits per heavy atom. The number of fused-ring (bicyclic) bond motifs is 2. The fourth-order valence-electron chi connectivity index (χ4n) is 3.87. The molecule has 5 heteroatoms. The van der Waals surface area contributed by atoms with Gasteiger partial charge in [0.25, 0.3) is 5.56 Å². The molecule has 0 unspecified atom stereocenters. The third-order valence-electron chi connectivity index (χ3n) is 5.36. The van der Waals surface area contributed by atoms with Crippen molar-refractivity contribution in [3.05, 3.63) is 69.0 Å². The molecule has 27 heavy (non-hydrogen) atoms. The van der Waals surface area contributed by atoms with E-state index in [0.29, 0.717) is 5.75 Å². The fourth-order valence-corrected chi connectivity index (χ4v) is 3.87. The highest BCUT2D eigenvalue weighted by Crippen LogP contribution is 2.37. The molecule has 2 aromatic carbocycles. The number of aromatic amines is 1. The third-order valence-corrected chi connectivity index (χ3v) is 5.36. The molecule has 1 atom stereocenters. The highest BCUT2D eigenvalue weighted by molar-refractivity contribution is 5.80. The van der Waals surface area contributed by atoms with Gasteiger partial charge in [0.1, 0.15) is 0 Å². The van der Waals surface area contributed by atoms with Crippen molar-refractivity contribution in [2.75, 3.05) is 20.8 Å². The number of pyridine rings is 1. The van der Waals surface area contributed by atoms with Crippen LogP contribution in [0.15, 0.2) is 41.2 Å². The van der Waals surface area contributed by atoms with Crippen LogP contribution in [-0.4, -0.2) is 25.7 Å². The van der Waals surface area contributed by atoms with Gasteiger partial charge in [-0.3, -0.25) is 4.79 Å². The Kier molecular flexibility index (Phi) is 4.62. The molecule has 0 amide bonds. The van der Waals surface area contributed by atoms with E-state index in [0.717, 1.165) is 47.2 Å². The number of hydrogen-bond donors (Lipinski definition) is 2. The summed E-state index contributed by atoms with van der Waals surface area (Å²) >= 11 is 0. The SMILES string of the molecule is CCc1ccc2[nH]c(=O)c([C@H]3NCCc4cc(OC)c(OC)cc43)cc2c1. The molecule has 3 aromatic rings. The molecule has 0 radical (unpaired) electrons. The first-order valence-electron chi connectivity index (χ1n) is 9.28. The van der Waals surface area contributed by atoms with Crippen LogP contribution in [0.5, 0.6) is 11.5 Å². The smallest absolute Gasteiger partial charge is 0.253 e. The molecule has 0 aliphatic carbocycles. The van der Waals surface area contributed by atoms with Crippen LogP contribution in [0, 0.1) is 0 Å². The highest BCUT2D eigenvalue weighted by Gasteiger charge is 2.26. The molecule has 5 nitrogen and oxygen atoms in total. The van der Waals surface area contributed by atoms with Crippen LogP contribution >= 0.6 is 0 Å². The maximum atomic E-state index is 12.8. The minimum atomic E-state index is -0.174. The van der Waals surface area contributed by atoms with E-state index in [4.69, 9.17) is 9.47 Å². The van der Waals surface area contributed by atoms with Gasteiger partial charge in [0.2, 0.25) is 0 Å². The van der Waals surface area contributed by atoms with Gasteiger partial charge in [-0.25, -0.2) is 0 Å². The van der Waals surface area contributed by atoms with Crippen molar-refractivity contribution in [3.8, 4) is 11.5 Å². The van der Waals surface area contributed by atoms with E-state index in [9.17, 15) is 4.79 Å². The minimum Gasteiger partial charge on any atom is -0.493 e. The van der Waals surface area contributed by atoms with Crippen molar-refractivity contribution >= 4 is 10.9 Å². The van der Waals surface area contributed by atoms with Crippen LogP contribution in [0.25, 0.3) is 10.9 Å². The van der Waals surface area contributed by atoms with Crippen LogP contribution in [0.4, 0.5) is 0 Å². The van der Waals surface area contributed by atoms with Gasteiger partial charge in [0.05, 0.1) is 20.3 Å². The van der Waals surface area contributed by atoms with Crippen molar-refractivity contribution in [2.45, 2.75) is 25.8 Å². The number of hydrogen-bond acceptors (Lipinski definition) is 4. The molecule has 140 valence electrons. The van der Waals surface area contributed by atoms with Crippen molar-refractivity contribution in [3.63, 3.8) is 0 Å². The number of rotatable bonds is 4. The number of aryl methyl sites for hydroxylation is 1. The lowest BCUT2D eigenvalue weighted by Crippen LogP contribution is -2.34. The Labute approximate surface area is 158 Å². The average Bonchev–Trinajstić information content (AvgIpc) is 2.71. The van der Waals surface area contributed by atoms with Gasteiger partial charge in [-0.05, 0) is 65.3 Å². The summed E-state index contributed by atoms with van der Waals surface area (Å²) in [4.78, 5) is 15.9. The number of ether oxygens (including phenoxy) is 2. The van der Waals surface area contributed by atoms with Gasteiger partial charge < -0.3 is 19.8 Å². The molecule has 1 aliphatic rings. The molecule has 0 spiro atoms. The summed E-state index contributed by atoms with van der Waals surface area (Å²) in [5.41, 5.74) is 5.03. The zero-order valence-corrected chi connectivity index (χ0v) is 15.9.